The van der Waals surface area contributed by atoms with Gasteiger partial charge in [-0.1, -0.05) is 0 Å². The number of aromatic nitrogens is 1. The fraction of sp³-hybridized carbons (Fsp3) is 0.333. The summed E-state index contributed by atoms with van der Waals surface area (Å²) in [5, 5.41) is 0. The lowest BCUT2D eigenvalue weighted by Crippen LogP contribution is -2.15. The maximum atomic E-state index is 5.74. The molecule has 5 heteroatoms. The van der Waals surface area contributed by atoms with Crippen LogP contribution in [0.5, 0.6) is 0 Å². The molecule has 76 valence electrons. The number of aliphatic imine (C=N–C) groups is 1. The molecule has 0 aliphatic heterocycles. The first-order valence-corrected chi connectivity index (χ1v) is 4.93. The molecule has 0 fully saturated rings. The number of amidine groups is 1. The average Bonchev–Trinajstić information content (AvgIpc) is 2.18. The third kappa shape index (κ3) is 3.43. The number of methoxy groups -OCH3 is 1. The van der Waals surface area contributed by atoms with Crippen molar-refractivity contribution in [3.8, 4) is 0 Å². The third-order valence-corrected chi connectivity index (χ3v) is 2.01. The average molecular weight is 258 g/mol. The fourth-order valence-corrected chi connectivity index (χ4v) is 1.27. The molecule has 4 nitrogen and oxygen atoms in total. The second-order valence-corrected chi connectivity index (χ2v) is 3.57. The van der Waals surface area contributed by atoms with Crippen molar-refractivity contribution in [3.63, 3.8) is 0 Å². The van der Waals surface area contributed by atoms with Crippen LogP contribution in [0.2, 0.25) is 0 Å². The summed E-state index contributed by atoms with van der Waals surface area (Å²) in [5.41, 5.74) is 6.55. The van der Waals surface area contributed by atoms with Crippen LogP contribution >= 0.6 is 15.9 Å². The molecule has 0 saturated heterocycles. The first kappa shape index (κ1) is 11.1. The van der Waals surface area contributed by atoms with Gasteiger partial charge in [-0.25, -0.2) is 0 Å². The van der Waals surface area contributed by atoms with Crippen LogP contribution < -0.4 is 5.73 Å². The summed E-state index contributed by atoms with van der Waals surface area (Å²) in [6.45, 7) is 1.14. The molecule has 1 rings (SSSR count). The molecule has 0 aliphatic rings. The van der Waals surface area contributed by atoms with Gasteiger partial charge in [-0.2, -0.15) is 0 Å². The standard InChI is InChI=1S/C9H12BrN3O/c1-14-3-2-13-9(11)7-4-8(10)6-12-5-7/h4-6H,2-3H2,1H3,(H2,11,13). The maximum absolute atomic E-state index is 5.74. The number of hydrogen-bond donors (Lipinski definition) is 1. The van der Waals surface area contributed by atoms with E-state index in [4.69, 9.17) is 10.5 Å². The van der Waals surface area contributed by atoms with E-state index in [-0.39, 0.29) is 0 Å². The van der Waals surface area contributed by atoms with E-state index in [1.54, 1.807) is 19.5 Å². The quantitative estimate of drug-likeness (QED) is 0.501. The second-order valence-electron chi connectivity index (χ2n) is 2.65. The molecule has 14 heavy (non-hydrogen) atoms. The molecule has 0 amide bonds. The maximum Gasteiger partial charge on any atom is 0.127 e. The molecule has 0 atom stereocenters. The lowest BCUT2D eigenvalue weighted by molar-refractivity contribution is 0.208. The Bertz CT molecular complexity index is 328. The summed E-state index contributed by atoms with van der Waals surface area (Å²) in [6, 6.07) is 1.87. The Morgan fingerprint density at radius 3 is 3.07 bits per heavy atom. The van der Waals surface area contributed by atoms with E-state index in [1.165, 1.54) is 0 Å². The van der Waals surface area contributed by atoms with E-state index in [2.05, 4.69) is 25.9 Å². The number of halogens is 1. The summed E-state index contributed by atoms with van der Waals surface area (Å²) in [5.74, 6) is 0.482. The number of rotatable bonds is 4. The summed E-state index contributed by atoms with van der Waals surface area (Å²) in [7, 11) is 1.63. The third-order valence-electron chi connectivity index (χ3n) is 1.58. The van der Waals surface area contributed by atoms with Crippen molar-refractivity contribution in [2.75, 3.05) is 20.3 Å². The highest BCUT2D eigenvalue weighted by molar-refractivity contribution is 9.10. The Labute approximate surface area is 91.3 Å². The fourth-order valence-electron chi connectivity index (χ4n) is 0.901. The van der Waals surface area contributed by atoms with Gasteiger partial charge in [0, 0.05) is 29.5 Å². The summed E-state index contributed by atoms with van der Waals surface area (Å²) in [4.78, 5) is 8.13. The normalized spacial score (nSPS) is 11.7. The van der Waals surface area contributed by atoms with Gasteiger partial charge in [0.05, 0.1) is 13.2 Å². The molecule has 1 aromatic rings. The Balaban J connectivity index is 2.68. The van der Waals surface area contributed by atoms with Crippen LogP contribution in [0.1, 0.15) is 5.56 Å². The number of pyridine rings is 1. The molecule has 0 aliphatic carbocycles. The number of hydrogen-bond acceptors (Lipinski definition) is 3. The smallest absolute Gasteiger partial charge is 0.127 e. The van der Waals surface area contributed by atoms with Gasteiger partial charge in [-0.15, -0.1) is 0 Å². The van der Waals surface area contributed by atoms with Gasteiger partial charge >= 0.3 is 0 Å². The van der Waals surface area contributed by atoms with Crippen LogP contribution in [-0.4, -0.2) is 31.1 Å². The molecule has 0 spiro atoms. The Kier molecular flexibility index (Phi) is 4.55. The van der Waals surface area contributed by atoms with Crippen molar-refractivity contribution in [1.29, 1.82) is 0 Å². The second kappa shape index (κ2) is 5.72. The Hall–Kier alpha value is -0.940. The first-order chi connectivity index (χ1) is 6.74. The van der Waals surface area contributed by atoms with Crippen molar-refractivity contribution in [3.05, 3.63) is 28.5 Å². The Morgan fingerprint density at radius 2 is 2.43 bits per heavy atom. The molecule has 0 unspecified atom stereocenters. The van der Waals surface area contributed by atoms with Crippen LogP contribution in [0.25, 0.3) is 0 Å². The monoisotopic (exact) mass is 257 g/mol. The SMILES string of the molecule is COCCN=C(N)c1cncc(Br)c1. The molecule has 2 N–H and O–H groups in total. The highest BCUT2D eigenvalue weighted by atomic mass is 79.9. The van der Waals surface area contributed by atoms with Gasteiger partial charge < -0.3 is 10.5 Å². The van der Waals surface area contributed by atoms with Crippen LogP contribution in [-0.2, 0) is 4.74 Å². The van der Waals surface area contributed by atoms with E-state index in [9.17, 15) is 0 Å². The largest absolute Gasteiger partial charge is 0.383 e. The van der Waals surface area contributed by atoms with Crippen molar-refractivity contribution in [2.45, 2.75) is 0 Å². The van der Waals surface area contributed by atoms with E-state index < -0.39 is 0 Å². The molecular formula is C9H12BrN3O. The Morgan fingerprint density at radius 1 is 1.64 bits per heavy atom. The summed E-state index contributed by atoms with van der Waals surface area (Å²) >= 11 is 3.31. The van der Waals surface area contributed by atoms with Crippen molar-refractivity contribution < 1.29 is 4.74 Å². The van der Waals surface area contributed by atoms with E-state index in [0.717, 1.165) is 10.0 Å². The van der Waals surface area contributed by atoms with Gasteiger partial charge in [0.2, 0.25) is 0 Å². The molecule has 1 heterocycles. The topological polar surface area (TPSA) is 60.5 Å². The van der Waals surface area contributed by atoms with E-state index in [1.807, 2.05) is 6.07 Å². The minimum atomic E-state index is 0.482. The highest BCUT2D eigenvalue weighted by Crippen LogP contribution is 2.08. The summed E-state index contributed by atoms with van der Waals surface area (Å²) in [6.07, 6.45) is 3.38. The zero-order chi connectivity index (χ0) is 10.4. The van der Waals surface area contributed by atoms with Gasteiger partial charge in [0.15, 0.2) is 0 Å². The van der Waals surface area contributed by atoms with Crippen LogP contribution in [0.3, 0.4) is 0 Å². The molecule has 0 radical (unpaired) electrons. The van der Waals surface area contributed by atoms with Gasteiger partial charge in [0.1, 0.15) is 5.84 Å². The van der Waals surface area contributed by atoms with Crippen LogP contribution in [0, 0.1) is 0 Å². The van der Waals surface area contributed by atoms with Crippen molar-refractivity contribution in [2.24, 2.45) is 10.7 Å². The van der Waals surface area contributed by atoms with Gasteiger partial charge in [-0.05, 0) is 22.0 Å². The molecule has 0 saturated carbocycles. The van der Waals surface area contributed by atoms with Gasteiger partial charge in [0.25, 0.3) is 0 Å². The molecular weight excluding hydrogens is 246 g/mol. The molecule has 1 aromatic heterocycles. The van der Waals surface area contributed by atoms with Crippen LogP contribution in [0.4, 0.5) is 0 Å². The lowest BCUT2D eigenvalue weighted by Gasteiger charge is -2.00. The van der Waals surface area contributed by atoms with Crippen molar-refractivity contribution >= 4 is 21.8 Å². The minimum absolute atomic E-state index is 0.482. The molecule has 0 aromatic carbocycles. The van der Waals surface area contributed by atoms with Crippen molar-refractivity contribution in [1.82, 2.24) is 4.98 Å². The number of ether oxygens (including phenoxy) is 1. The zero-order valence-corrected chi connectivity index (χ0v) is 9.49. The van der Waals surface area contributed by atoms with Crippen LogP contribution in [0.15, 0.2) is 27.9 Å². The van der Waals surface area contributed by atoms with E-state index >= 15 is 0 Å². The summed E-state index contributed by atoms with van der Waals surface area (Å²) < 4.78 is 5.75. The highest BCUT2D eigenvalue weighted by Gasteiger charge is 1.98. The van der Waals surface area contributed by atoms with E-state index in [0.29, 0.717) is 19.0 Å². The minimum Gasteiger partial charge on any atom is -0.383 e. The lowest BCUT2D eigenvalue weighted by atomic mass is 10.3. The number of nitrogens with two attached hydrogens (primary N) is 1. The van der Waals surface area contributed by atoms with Gasteiger partial charge in [-0.3, -0.25) is 9.98 Å². The zero-order valence-electron chi connectivity index (χ0n) is 7.90. The predicted molar refractivity (Wildman–Crippen MR) is 59.4 cm³/mol. The molecule has 0 bridgehead atoms. The number of nitrogens with zero attached hydrogens (tertiary/aromatic N) is 2. The predicted octanol–water partition coefficient (Wildman–Crippen LogP) is 1.20. The first-order valence-electron chi connectivity index (χ1n) is 4.14.